The van der Waals surface area contributed by atoms with Gasteiger partial charge in [0.15, 0.2) is 0 Å². The Bertz CT molecular complexity index is 449. The van der Waals surface area contributed by atoms with Crippen LogP contribution in [0.1, 0.15) is 5.56 Å². The summed E-state index contributed by atoms with van der Waals surface area (Å²) in [5.41, 5.74) is 2.55. The van der Waals surface area contributed by atoms with Crippen LogP contribution in [0.15, 0.2) is 24.3 Å². The molecule has 2 aliphatic heterocycles. The number of aliphatic hydroxyl groups excluding tert-OH is 1. The maximum absolute atomic E-state index is 9.81. The van der Waals surface area contributed by atoms with Gasteiger partial charge in [-0.3, -0.25) is 4.90 Å². The fraction of sp³-hybridized carbons (Fsp3) is 0.625. The molecule has 5 nitrogen and oxygen atoms in total. The third-order valence-corrected chi connectivity index (χ3v) is 4.02. The molecule has 21 heavy (non-hydrogen) atoms. The molecule has 0 bridgehead atoms. The molecule has 0 radical (unpaired) electrons. The molecule has 0 spiro atoms. The van der Waals surface area contributed by atoms with Crippen LogP contribution >= 0.6 is 0 Å². The van der Waals surface area contributed by atoms with Gasteiger partial charge in [0.25, 0.3) is 0 Å². The minimum atomic E-state index is -0.380. The van der Waals surface area contributed by atoms with Crippen molar-refractivity contribution in [3.63, 3.8) is 0 Å². The second-order valence-electron chi connectivity index (χ2n) is 5.73. The smallest absolute Gasteiger partial charge is 0.0900 e. The van der Waals surface area contributed by atoms with Crippen LogP contribution in [0.5, 0.6) is 0 Å². The van der Waals surface area contributed by atoms with Gasteiger partial charge in [-0.1, -0.05) is 12.1 Å². The van der Waals surface area contributed by atoms with Gasteiger partial charge in [0.1, 0.15) is 0 Å². The molecule has 1 aromatic carbocycles. The maximum atomic E-state index is 9.81. The normalized spacial score (nSPS) is 24.8. The highest BCUT2D eigenvalue weighted by Crippen LogP contribution is 2.19. The van der Waals surface area contributed by atoms with Crippen molar-refractivity contribution in [1.29, 1.82) is 0 Å². The highest BCUT2D eigenvalue weighted by atomic mass is 16.5. The van der Waals surface area contributed by atoms with Crippen molar-refractivity contribution in [3.8, 4) is 0 Å². The van der Waals surface area contributed by atoms with Gasteiger partial charge in [-0.15, -0.1) is 0 Å². The van der Waals surface area contributed by atoms with E-state index in [1.807, 2.05) is 0 Å². The van der Waals surface area contributed by atoms with Gasteiger partial charge in [0.05, 0.1) is 32.5 Å². The molecule has 5 heteroatoms. The molecule has 0 aliphatic carbocycles. The highest BCUT2D eigenvalue weighted by Gasteiger charge is 2.17. The molecule has 0 saturated carbocycles. The van der Waals surface area contributed by atoms with E-state index < -0.39 is 0 Å². The lowest BCUT2D eigenvalue weighted by molar-refractivity contribution is 0.0562. The minimum Gasteiger partial charge on any atom is -0.389 e. The summed E-state index contributed by atoms with van der Waals surface area (Å²) in [6, 6.07) is 8.69. The van der Waals surface area contributed by atoms with Crippen molar-refractivity contribution >= 4 is 5.69 Å². The molecule has 1 atom stereocenters. The number of β-amino-alcohol motifs (C(OH)–C–C–N with tert-alkyl or cyclic N) is 1. The summed E-state index contributed by atoms with van der Waals surface area (Å²) >= 11 is 0. The Kier molecular flexibility index (Phi) is 5.08. The Morgan fingerprint density at radius 3 is 2.76 bits per heavy atom. The lowest BCUT2D eigenvalue weighted by atomic mass is 10.1. The van der Waals surface area contributed by atoms with Crippen molar-refractivity contribution in [2.45, 2.75) is 12.6 Å². The molecule has 2 fully saturated rings. The lowest BCUT2D eigenvalue weighted by Crippen LogP contribution is -2.36. The fourth-order valence-electron chi connectivity index (χ4n) is 2.93. The average molecular weight is 292 g/mol. The number of hydrogen-bond donors (Lipinski definition) is 1. The third-order valence-electron chi connectivity index (χ3n) is 4.02. The van der Waals surface area contributed by atoms with Crippen LogP contribution in [-0.2, 0) is 16.0 Å². The molecule has 2 aliphatic rings. The summed E-state index contributed by atoms with van der Waals surface area (Å²) in [5.74, 6) is 0. The Hall–Kier alpha value is -1.14. The Balaban J connectivity index is 1.64. The zero-order chi connectivity index (χ0) is 14.5. The van der Waals surface area contributed by atoms with E-state index in [0.29, 0.717) is 19.8 Å². The van der Waals surface area contributed by atoms with Gasteiger partial charge in [0, 0.05) is 38.4 Å². The van der Waals surface area contributed by atoms with Crippen LogP contribution in [0, 0.1) is 0 Å². The first-order chi connectivity index (χ1) is 10.3. The van der Waals surface area contributed by atoms with E-state index in [2.05, 4.69) is 34.1 Å². The summed E-state index contributed by atoms with van der Waals surface area (Å²) in [4.78, 5) is 4.63. The molecule has 0 amide bonds. The zero-order valence-corrected chi connectivity index (χ0v) is 12.4. The number of anilines is 1. The monoisotopic (exact) mass is 292 g/mol. The van der Waals surface area contributed by atoms with E-state index in [4.69, 9.17) is 9.47 Å². The summed E-state index contributed by atoms with van der Waals surface area (Å²) in [5, 5.41) is 9.81. The van der Waals surface area contributed by atoms with Crippen LogP contribution in [0.25, 0.3) is 0 Å². The van der Waals surface area contributed by atoms with E-state index >= 15 is 0 Å². The average Bonchev–Trinajstić information content (AvgIpc) is 2.72. The number of nitrogens with zero attached hydrogens (tertiary/aromatic N) is 2. The zero-order valence-electron chi connectivity index (χ0n) is 12.4. The first kappa shape index (κ1) is 14.8. The van der Waals surface area contributed by atoms with E-state index in [9.17, 15) is 5.11 Å². The van der Waals surface area contributed by atoms with Crippen LogP contribution in [0.2, 0.25) is 0 Å². The first-order valence-corrected chi connectivity index (χ1v) is 7.71. The second-order valence-corrected chi connectivity index (χ2v) is 5.73. The summed E-state index contributed by atoms with van der Waals surface area (Å²) in [7, 11) is 0. The van der Waals surface area contributed by atoms with Crippen LogP contribution < -0.4 is 4.90 Å². The number of aliphatic hydroxyl groups is 1. The maximum Gasteiger partial charge on any atom is 0.0900 e. The van der Waals surface area contributed by atoms with Crippen molar-refractivity contribution in [2.75, 3.05) is 57.5 Å². The number of benzene rings is 1. The third kappa shape index (κ3) is 4.17. The molecular formula is C16H24N2O3. The Labute approximate surface area is 126 Å². The predicted molar refractivity (Wildman–Crippen MR) is 81.6 cm³/mol. The molecule has 2 heterocycles. The highest BCUT2D eigenvalue weighted by molar-refractivity contribution is 5.48. The summed E-state index contributed by atoms with van der Waals surface area (Å²) < 4.78 is 10.8. The number of ether oxygens (including phenoxy) is 2. The standard InChI is InChI=1S/C16H24N2O3/c19-16-12-17(4-7-21-13-16)11-14-2-1-3-15(10-14)18-5-8-20-9-6-18/h1-3,10,16,19H,4-9,11-13H2/t16-/m1/s1. The van der Waals surface area contributed by atoms with Gasteiger partial charge >= 0.3 is 0 Å². The lowest BCUT2D eigenvalue weighted by Gasteiger charge is -2.29. The van der Waals surface area contributed by atoms with Gasteiger partial charge in [0.2, 0.25) is 0 Å². The van der Waals surface area contributed by atoms with Gasteiger partial charge < -0.3 is 19.5 Å². The van der Waals surface area contributed by atoms with Crippen molar-refractivity contribution in [1.82, 2.24) is 4.90 Å². The van der Waals surface area contributed by atoms with E-state index in [1.54, 1.807) is 0 Å². The fourth-order valence-corrected chi connectivity index (χ4v) is 2.93. The number of rotatable bonds is 3. The Morgan fingerprint density at radius 1 is 1.10 bits per heavy atom. The topological polar surface area (TPSA) is 45.2 Å². The minimum absolute atomic E-state index is 0.380. The first-order valence-electron chi connectivity index (χ1n) is 7.71. The molecule has 1 N–H and O–H groups in total. The summed E-state index contributed by atoms with van der Waals surface area (Å²) in [6.45, 7) is 7.09. The van der Waals surface area contributed by atoms with E-state index in [-0.39, 0.29) is 6.10 Å². The van der Waals surface area contributed by atoms with E-state index in [1.165, 1.54) is 11.3 Å². The number of hydrogen-bond acceptors (Lipinski definition) is 5. The molecule has 2 saturated heterocycles. The molecule has 3 rings (SSSR count). The predicted octanol–water partition coefficient (Wildman–Crippen LogP) is 0.716. The molecule has 116 valence electrons. The van der Waals surface area contributed by atoms with Crippen LogP contribution in [0.3, 0.4) is 0 Å². The number of morpholine rings is 1. The molecule has 0 aromatic heterocycles. The second kappa shape index (κ2) is 7.22. The molecule has 1 aromatic rings. The van der Waals surface area contributed by atoms with Gasteiger partial charge in [-0.2, -0.15) is 0 Å². The van der Waals surface area contributed by atoms with Gasteiger partial charge in [-0.25, -0.2) is 0 Å². The van der Waals surface area contributed by atoms with Crippen molar-refractivity contribution in [2.24, 2.45) is 0 Å². The van der Waals surface area contributed by atoms with Crippen molar-refractivity contribution < 1.29 is 14.6 Å². The van der Waals surface area contributed by atoms with Crippen molar-refractivity contribution in [3.05, 3.63) is 29.8 Å². The summed E-state index contributed by atoms with van der Waals surface area (Å²) in [6.07, 6.45) is -0.380. The van der Waals surface area contributed by atoms with Crippen LogP contribution in [-0.4, -0.2) is 68.7 Å². The SMILES string of the molecule is O[C@H]1COCCN(Cc2cccc(N3CCOCC3)c2)C1. The Morgan fingerprint density at radius 2 is 1.90 bits per heavy atom. The largest absolute Gasteiger partial charge is 0.389 e. The quantitative estimate of drug-likeness (QED) is 0.889. The van der Waals surface area contributed by atoms with E-state index in [0.717, 1.165) is 39.4 Å². The van der Waals surface area contributed by atoms with Gasteiger partial charge in [-0.05, 0) is 17.7 Å². The molecule has 0 unspecified atom stereocenters. The van der Waals surface area contributed by atoms with Crippen LogP contribution in [0.4, 0.5) is 5.69 Å². The molecular weight excluding hydrogens is 268 g/mol.